The summed E-state index contributed by atoms with van der Waals surface area (Å²) in [5.74, 6) is -1.33. The number of pyridine rings is 1. The number of aromatic carboxylic acids is 1. The number of nitrogens with one attached hydrogen (secondary N) is 1. The number of carboxylic acid groups (broad SMARTS) is 1. The van der Waals surface area contributed by atoms with E-state index in [2.05, 4.69) is 10.3 Å². The molecule has 1 rings (SSSR count). The predicted octanol–water partition coefficient (Wildman–Crippen LogP) is 0.0590. The van der Waals surface area contributed by atoms with Crippen molar-refractivity contribution in [2.75, 3.05) is 26.9 Å². The molecule has 104 valence electrons. The molecule has 0 aliphatic rings. The van der Waals surface area contributed by atoms with E-state index in [4.69, 9.17) is 14.6 Å². The van der Waals surface area contributed by atoms with Crippen LogP contribution in [0.3, 0.4) is 0 Å². The zero-order valence-electron chi connectivity index (χ0n) is 10.6. The summed E-state index contributed by atoms with van der Waals surface area (Å²) in [5.41, 5.74) is 0.688. The molecule has 1 amide bonds. The minimum atomic E-state index is -1.08. The van der Waals surface area contributed by atoms with Gasteiger partial charge in [-0.15, -0.1) is 0 Å². The van der Waals surface area contributed by atoms with E-state index < -0.39 is 5.97 Å². The van der Waals surface area contributed by atoms with Crippen LogP contribution in [-0.4, -0.2) is 48.9 Å². The number of nitrogens with zero attached hydrogens (tertiary/aromatic N) is 1. The highest BCUT2D eigenvalue weighted by atomic mass is 16.5. The van der Waals surface area contributed by atoms with Crippen molar-refractivity contribution < 1.29 is 24.2 Å². The topological polar surface area (TPSA) is 97.8 Å². The molecule has 0 saturated heterocycles. The van der Waals surface area contributed by atoms with E-state index in [-0.39, 0.29) is 24.8 Å². The summed E-state index contributed by atoms with van der Waals surface area (Å²) in [6.45, 7) is 1.04. The number of rotatable bonds is 8. The van der Waals surface area contributed by atoms with Gasteiger partial charge in [-0.25, -0.2) is 9.78 Å². The molecule has 0 spiro atoms. The van der Waals surface area contributed by atoms with Crippen molar-refractivity contribution in [2.45, 2.75) is 6.54 Å². The van der Waals surface area contributed by atoms with E-state index >= 15 is 0 Å². The van der Waals surface area contributed by atoms with E-state index in [1.54, 1.807) is 13.2 Å². The Morgan fingerprint density at radius 2 is 2.16 bits per heavy atom. The van der Waals surface area contributed by atoms with Gasteiger partial charge in [0.25, 0.3) is 0 Å². The lowest BCUT2D eigenvalue weighted by Crippen LogP contribution is -2.27. The van der Waals surface area contributed by atoms with E-state index in [1.165, 1.54) is 12.3 Å². The van der Waals surface area contributed by atoms with Crippen LogP contribution in [0.1, 0.15) is 16.1 Å². The van der Waals surface area contributed by atoms with Crippen molar-refractivity contribution in [3.05, 3.63) is 29.6 Å². The van der Waals surface area contributed by atoms with Crippen molar-refractivity contribution in [2.24, 2.45) is 0 Å². The molecule has 1 aromatic heterocycles. The summed E-state index contributed by atoms with van der Waals surface area (Å²) in [6.07, 6.45) is 1.41. The van der Waals surface area contributed by atoms with Gasteiger partial charge < -0.3 is 19.9 Å². The molecule has 2 N–H and O–H groups in total. The van der Waals surface area contributed by atoms with Gasteiger partial charge in [-0.3, -0.25) is 4.79 Å². The summed E-state index contributed by atoms with van der Waals surface area (Å²) >= 11 is 0. The van der Waals surface area contributed by atoms with Crippen LogP contribution < -0.4 is 5.32 Å². The summed E-state index contributed by atoms with van der Waals surface area (Å²) in [7, 11) is 1.55. The maximum absolute atomic E-state index is 11.4. The van der Waals surface area contributed by atoms with Crippen molar-refractivity contribution in [3.63, 3.8) is 0 Å². The third kappa shape index (κ3) is 5.94. The van der Waals surface area contributed by atoms with Gasteiger partial charge >= 0.3 is 5.97 Å². The molecule has 0 aromatic carbocycles. The highest BCUT2D eigenvalue weighted by Gasteiger charge is 2.05. The Balaban J connectivity index is 2.28. The third-order valence-corrected chi connectivity index (χ3v) is 2.20. The molecular formula is C12H16N2O5. The third-order valence-electron chi connectivity index (χ3n) is 2.20. The fourth-order valence-electron chi connectivity index (χ4n) is 1.21. The number of carbonyl (C=O) groups excluding carboxylic acids is 1. The number of amides is 1. The molecule has 0 aliphatic heterocycles. The predicted molar refractivity (Wildman–Crippen MR) is 65.7 cm³/mol. The van der Waals surface area contributed by atoms with Crippen LogP contribution in [-0.2, 0) is 20.8 Å². The maximum Gasteiger partial charge on any atom is 0.354 e. The quantitative estimate of drug-likeness (QED) is 0.647. The van der Waals surface area contributed by atoms with Crippen LogP contribution >= 0.6 is 0 Å². The standard InChI is InChI=1S/C12H16N2O5/c1-18-4-5-19-8-11(15)14-7-9-2-3-10(12(16)17)13-6-9/h2-3,6H,4-5,7-8H2,1H3,(H,14,15)(H,16,17). The van der Waals surface area contributed by atoms with Crippen molar-refractivity contribution in [1.82, 2.24) is 10.3 Å². The number of methoxy groups -OCH3 is 1. The normalized spacial score (nSPS) is 10.2. The fourth-order valence-corrected chi connectivity index (χ4v) is 1.21. The summed E-state index contributed by atoms with van der Waals surface area (Å²) in [5, 5.41) is 11.3. The van der Waals surface area contributed by atoms with E-state index in [0.717, 1.165) is 5.56 Å². The first-order valence-electron chi connectivity index (χ1n) is 5.65. The first-order chi connectivity index (χ1) is 9.13. The highest BCUT2D eigenvalue weighted by molar-refractivity contribution is 5.85. The largest absolute Gasteiger partial charge is 0.477 e. The second-order valence-corrected chi connectivity index (χ2v) is 3.68. The van der Waals surface area contributed by atoms with Gasteiger partial charge in [0.15, 0.2) is 0 Å². The number of carboxylic acids is 1. The monoisotopic (exact) mass is 268 g/mol. The molecule has 19 heavy (non-hydrogen) atoms. The molecular weight excluding hydrogens is 252 g/mol. The molecule has 1 heterocycles. The fraction of sp³-hybridized carbons (Fsp3) is 0.417. The second kappa shape index (κ2) is 8.17. The Labute approximate surface area is 110 Å². The smallest absolute Gasteiger partial charge is 0.354 e. The van der Waals surface area contributed by atoms with Gasteiger partial charge in [0.05, 0.1) is 13.2 Å². The van der Waals surface area contributed by atoms with Crippen LogP contribution in [0.4, 0.5) is 0 Å². The maximum atomic E-state index is 11.4. The molecule has 0 radical (unpaired) electrons. The van der Waals surface area contributed by atoms with Crippen LogP contribution in [0.15, 0.2) is 18.3 Å². The lowest BCUT2D eigenvalue weighted by molar-refractivity contribution is -0.126. The number of aromatic nitrogens is 1. The number of carbonyl (C=O) groups is 2. The minimum Gasteiger partial charge on any atom is -0.477 e. The number of hydrogen-bond acceptors (Lipinski definition) is 5. The highest BCUT2D eigenvalue weighted by Crippen LogP contribution is 2.00. The average molecular weight is 268 g/mol. The Morgan fingerprint density at radius 1 is 1.37 bits per heavy atom. The van der Waals surface area contributed by atoms with Gasteiger partial charge in [0.1, 0.15) is 12.3 Å². The number of ether oxygens (including phenoxy) is 2. The van der Waals surface area contributed by atoms with Crippen LogP contribution in [0.2, 0.25) is 0 Å². The Bertz CT molecular complexity index is 419. The molecule has 0 saturated carbocycles. The van der Waals surface area contributed by atoms with Gasteiger partial charge in [-0.05, 0) is 11.6 Å². The zero-order chi connectivity index (χ0) is 14.1. The molecule has 0 fully saturated rings. The lowest BCUT2D eigenvalue weighted by atomic mass is 10.2. The molecule has 1 aromatic rings. The average Bonchev–Trinajstić information content (AvgIpc) is 2.42. The Kier molecular flexibility index (Phi) is 6.48. The van der Waals surface area contributed by atoms with Crippen molar-refractivity contribution in [3.8, 4) is 0 Å². The van der Waals surface area contributed by atoms with Crippen molar-refractivity contribution in [1.29, 1.82) is 0 Å². The van der Waals surface area contributed by atoms with Gasteiger partial charge in [-0.1, -0.05) is 6.07 Å². The molecule has 0 bridgehead atoms. The van der Waals surface area contributed by atoms with Crippen LogP contribution in [0.5, 0.6) is 0 Å². The summed E-state index contributed by atoms with van der Waals surface area (Å²) < 4.78 is 9.81. The van der Waals surface area contributed by atoms with Gasteiger partial charge in [0, 0.05) is 19.9 Å². The SMILES string of the molecule is COCCOCC(=O)NCc1ccc(C(=O)O)nc1. The van der Waals surface area contributed by atoms with Gasteiger partial charge in [-0.2, -0.15) is 0 Å². The first kappa shape index (κ1) is 15.1. The van der Waals surface area contributed by atoms with Crippen molar-refractivity contribution >= 4 is 11.9 Å². The minimum absolute atomic E-state index is 0.0297. The lowest BCUT2D eigenvalue weighted by Gasteiger charge is -2.06. The van der Waals surface area contributed by atoms with Crippen LogP contribution in [0, 0.1) is 0 Å². The molecule has 0 unspecified atom stereocenters. The summed E-state index contributed by atoms with van der Waals surface area (Å²) in [4.78, 5) is 25.7. The molecule has 7 heteroatoms. The molecule has 0 atom stereocenters. The first-order valence-corrected chi connectivity index (χ1v) is 5.65. The zero-order valence-corrected chi connectivity index (χ0v) is 10.6. The molecule has 7 nitrogen and oxygen atoms in total. The molecule has 0 aliphatic carbocycles. The van der Waals surface area contributed by atoms with E-state index in [1.807, 2.05) is 0 Å². The second-order valence-electron chi connectivity index (χ2n) is 3.68. The van der Waals surface area contributed by atoms with Crippen LogP contribution in [0.25, 0.3) is 0 Å². The van der Waals surface area contributed by atoms with E-state index in [9.17, 15) is 9.59 Å². The van der Waals surface area contributed by atoms with E-state index in [0.29, 0.717) is 13.2 Å². The van der Waals surface area contributed by atoms with Gasteiger partial charge in [0.2, 0.25) is 5.91 Å². The summed E-state index contributed by atoms with van der Waals surface area (Å²) in [6, 6.07) is 2.99. The Hall–Kier alpha value is -1.99. The Morgan fingerprint density at radius 3 is 2.74 bits per heavy atom. The number of hydrogen-bond donors (Lipinski definition) is 2.